The molecule has 0 atom stereocenters. The fourth-order valence-corrected chi connectivity index (χ4v) is 4.14. The SMILES string of the molecule is CC1(C)c2cc(I)ccc2-c2cccc(Br)c21. The Morgan fingerprint density at radius 3 is 2.59 bits per heavy atom. The molecular formula is C15H12BrI. The molecule has 0 unspecified atom stereocenters. The topological polar surface area (TPSA) is 0 Å². The predicted molar refractivity (Wildman–Crippen MR) is 84.4 cm³/mol. The van der Waals surface area contributed by atoms with Crippen LogP contribution in [0.1, 0.15) is 25.0 Å². The quantitative estimate of drug-likeness (QED) is 0.524. The van der Waals surface area contributed by atoms with Gasteiger partial charge in [-0.05, 0) is 63.0 Å². The van der Waals surface area contributed by atoms with Crippen LogP contribution in [-0.4, -0.2) is 0 Å². The fourth-order valence-electron chi connectivity index (χ4n) is 2.79. The molecule has 0 saturated heterocycles. The summed E-state index contributed by atoms with van der Waals surface area (Å²) in [6, 6.07) is 13.2. The Hall–Kier alpha value is -0.350. The zero-order chi connectivity index (χ0) is 12.2. The van der Waals surface area contributed by atoms with Crippen LogP contribution in [0.15, 0.2) is 40.9 Å². The van der Waals surface area contributed by atoms with E-state index in [2.05, 4.69) is 88.8 Å². The molecule has 0 spiro atoms. The summed E-state index contributed by atoms with van der Waals surface area (Å²) in [4.78, 5) is 0. The number of rotatable bonds is 0. The van der Waals surface area contributed by atoms with Gasteiger partial charge in [-0.15, -0.1) is 0 Å². The average molecular weight is 399 g/mol. The lowest BCUT2D eigenvalue weighted by Crippen LogP contribution is -2.15. The Labute approximate surface area is 124 Å². The van der Waals surface area contributed by atoms with Gasteiger partial charge in [0.15, 0.2) is 0 Å². The van der Waals surface area contributed by atoms with Crippen LogP contribution in [0.4, 0.5) is 0 Å². The van der Waals surface area contributed by atoms with Gasteiger partial charge in [-0.25, -0.2) is 0 Å². The van der Waals surface area contributed by atoms with E-state index in [1.807, 2.05) is 0 Å². The van der Waals surface area contributed by atoms with Crippen molar-refractivity contribution < 1.29 is 0 Å². The van der Waals surface area contributed by atoms with Crippen molar-refractivity contribution in [2.24, 2.45) is 0 Å². The number of benzene rings is 2. The maximum atomic E-state index is 3.70. The summed E-state index contributed by atoms with van der Waals surface area (Å²) in [6.07, 6.45) is 0. The predicted octanol–water partition coefficient (Wildman–Crippen LogP) is 5.36. The summed E-state index contributed by atoms with van der Waals surface area (Å²) in [5, 5.41) is 0. The van der Waals surface area contributed by atoms with Gasteiger partial charge in [0.2, 0.25) is 0 Å². The van der Waals surface area contributed by atoms with E-state index in [-0.39, 0.29) is 5.41 Å². The van der Waals surface area contributed by atoms with Crippen molar-refractivity contribution in [2.45, 2.75) is 19.3 Å². The van der Waals surface area contributed by atoms with Crippen LogP contribution in [0, 0.1) is 3.57 Å². The van der Waals surface area contributed by atoms with Gasteiger partial charge in [-0.2, -0.15) is 0 Å². The largest absolute Gasteiger partial charge is 0.0605 e. The van der Waals surface area contributed by atoms with E-state index in [4.69, 9.17) is 0 Å². The van der Waals surface area contributed by atoms with Gasteiger partial charge in [0.25, 0.3) is 0 Å². The van der Waals surface area contributed by atoms with E-state index < -0.39 is 0 Å². The third-order valence-electron chi connectivity index (χ3n) is 3.58. The molecule has 17 heavy (non-hydrogen) atoms. The zero-order valence-corrected chi connectivity index (χ0v) is 13.5. The van der Waals surface area contributed by atoms with Gasteiger partial charge in [-0.1, -0.05) is 48.0 Å². The first-order valence-electron chi connectivity index (χ1n) is 5.61. The van der Waals surface area contributed by atoms with Gasteiger partial charge in [0, 0.05) is 13.5 Å². The second-order valence-corrected chi connectivity index (χ2v) is 7.08. The highest BCUT2D eigenvalue weighted by atomic mass is 127. The number of hydrogen-bond acceptors (Lipinski definition) is 0. The molecule has 0 nitrogen and oxygen atoms in total. The average Bonchev–Trinajstić information content (AvgIpc) is 2.49. The van der Waals surface area contributed by atoms with E-state index >= 15 is 0 Å². The lowest BCUT2D eigenvalue weighted by atomic mass is 9.82. The summed E-state index contributed by atoms with van der Waals surface area (Å²) in [7, 11) is 0. The molecule has 3 rings (SSSR count). The maximum absolute atomic E-state index is 3.70. The normalized spacial score (nSPS) is 15.5. The van der Waals surface area contributed by atoms with Crippen molar-refractivity contribution >= 4 is 38.5 Å². The van der Waals surface area contributed by atoms with Crippen molar-refractivity contribution in [3.05, 3.63) is 55.6 Å². The number of hydrogen-bond donors (Lipinski definition) is 0. The number of fused-ring (bicyclic) bond motifs is 3. The first kappa shape index (κ1) is 11.7. The second-order valence-electron chi connectivity index (χ2n) is 4.98. The van der Waals surface area contributed by atoms with Crippen molar-refractivity contribution in [3.8, 4) is 11.1 Å². The van der Waals surface area contributed by atoms with Gasteiger partial charge in [0.1, 0.15) is 0 Å². The van der Waals surface area contributed by atoms with E-state index in [9.17, 15) is 0 Å². The Morgan fingerprint density at radius 1 is 1.06 bits per heavy atom. The van der Waals surface area contributed by atoms with Crippen LogP contribution in [0.2, 0.25) is 0 Å². The summed E-state index contributed by atoms with van der Waals surface area (Å²) in [5.74, 6) is 0. The third kappa shape index (κ3) is 1.60. The third-order valence-corrected chi connectivity index (χ3v) is 4.92. The first-order chi connectivity index (χ1) is 8.01. The van der Waals surface area contributed by atoms with Gasteiger partial charge < -0.3 is 0 Å². The minimum Gasteiger partial charge on any atom is -0.0605 e. The van der Waals surface area contributed by atoms with Crippen LogP contribution in [0.3, 0.4) is 0 Å². The molecule has 0 N–H and O–H groups in total. The van der Waals surface area contributed by atoms with Gasteiger partial charge >= 0.3 is 0 Å². The van der Waals surface area contributed by atoms with Crippen molar-refractivity contribution in [2.75, 3.05) is 0 Å². The van der Waals surface area contributed by atoms with Crippen LogP contribution < -0.4 is 0 Å². The van der Waals surface area contributed by atoms with Crippen molar-refractivity contribution in [1.82, 2.24) is 0 Å². The molecule has 1 aliphatic rings. The van der Waals surface area contributed by atoms with Crippen molar-refractivity contribution in [1.29, 1.82) is 0 Å². The lowest BCUT2D eigenvalue weighted by Gasteiger charge is -2.22. The molecule has 86 valence electrons. The smallest absolute Gasteiger partial charge is 0.0222 e. The molecule has 0 aliphatic heterocycles. The van der Waals surface area contributed by atoms with E-state index in [1.165, 1.54) is 30.3 Å². The summed E-state index contributed by atoms with van der Waals surface area (Å²) in [6.45, 7) is 4.61. The molecule has 0 bridgehead atoms. The molecular weight excluding hydrogens is 387 g/mol. The molecule has 0 saturated carbocycles. The minimum atomic E-state index is 0.0892. The molecule has 0 amide bonds. The molecule has 1 aliphatic carbocycles. The molecule has 0 aromatic heterocycles. The Morgan fingerprint density at radius 2 is 1.82 bits per heavy atom. The van der Waals surface area contributed by atoms with Crippen molar-refractivity contribution in [3.63, 3.8) is 0 Å². The summed E-state index contributed by atoms with van der Waals surface area (Å²) < 4.78 is 2.52. The van der Waals surface area contributed by atoms with Crippen LogP contribution in [0.5, 0.6) is 0 Å². The van der Waals surface area contributed by atoms with Crippen LogP contribution in [0.25, 0.3) is 11.1 Å². The van der Waals surface area contributed by atoms with E-state index in [1.54, 1.807) is 0 Å². The molecule has 0 heterocycles. The van der Waals surface area contributed by atoms with E-state index in [0.29, 0.717) is 0 Å². The fraction of sp³-hybridized carbons (Fsp3) is 0.200. The molecule has 2 aromatic carbocycles. The second kappa shape index (κ2) is 3.82. The number of halogens is 2. The van der Waals surface area contributed by atoms with Crippen LogP contribution >= 0.6 is 38.5 Å². The highest BCUT2D eigenvalue weighted by Crippen LogP contribution is 2.51. The summed E-state index contributed by atoms with van der Waals surface area (Å²) >= 11 is 6.08. The zero-order valence-electron chi connectivity index (χ0n) is 9.72. The van der Waals surface area contributed by atoms with Gasteiger partial charge in [0.05, 0.1) is 0 Å². The Balaban J connectivity index is 2.42. The molecule has 0 fully saturated rings. The highest BCUT2D eigenvalue weighted by Gasteiger charge is 2.36. The Kier molecular flexibility index (Phi) is 2.63. The maximum Gasteiger partial charge on any atom is 0.0222 e. The van der Waals surface area contributed by atoms with Gasteiger partial charge in [-0.3, -0.25) is 0 Å². The Bertz CT molecular complexity index is 614. The minimum absolute atomic E-state index is 0.0892. The molecule has 0 radical (unpaired) electrons. The summed E-state index contributed by atoms with van der Waals surface area (Å²) in [5.41, 5.74) is 5.69. The van der Waals surface area contributed by atoms with Crippen LogP contribution in [-0.2, 0) is 5.41 Å². The highest BCUT2D eigenvalue weighted by molar-refractivity contribution is 14.1. The lowest BCUT2D eigenvalue weighted by molar-refractivity contribution is 0.656. The molecule has 2 heteroatoms. The van der Waals surface area contributed by atoms with E-state index in [0.717, 1.165) is 0 Å². The first-order valence-corrected chi connectivity index (χ1v) is 7.48. The molecule has 2 aromatic rings. The monoisotopic (exact) mass is 398 g/mol. The standard InChI is InChI=1S/C15H12BrI/c1-15(2)12-8-9(17)6-7-10(12)11-4-3-5-13(16)14(11)15/h3-8H,1-2H3.